The molecule has 0 unspecified atom stereocenters. The molecule has 0 radical (unpaired) electrons. The van der Waals surface area contributed by atoms with E-state index < -0.39 is 0 Å². The number of thiazole rings is 1. The Morgan fingerprint density at radius 1 is 1.27 bits per heavy atom. The summed E-state index contributed by atoms with van der Waals surface area (Å²) in [5.41, 5.74) is 0. The standard InChI is InChI=1S/C15H28N4OS.HI/c1-4-6-9-20-10-7-8-17-15(16-3)19-12-14-18-11-13(5-2)21-14;/h11H,4-10,12H2,1-3H3,(H2,16,17,19);1H. The van der Waals surface area contributed by atoms with Crippen LogP contribution in [0.4, 0.5) is 0 Å². The van der Waals surface area contributed by atoms with E-state index in [-0.39, 0.29) is 24.0 Å². The van der Waals surface area contributed by atoms with Crippen molar-refractivity contribution in [3.63, 3.8) is 0 Å². The zero-order valence-corrected chi connectivity index (χ0v) is 17.0. The molecule has 0 bridgehead atoms. The molecule has 2 N–H and O–H groups in total. The van der Waals surface area contributed by atoms with Crippen molar-refractivity contribution in [2.45, 2.75) is 46.1 Å². The SMILES string of the molecule is CCCCOCCCNC(=NC)NCc1ncc(CC)s1.I. The minimum Gasteiger partial charge on any atom is -0.381 e. The Kier molecular flexibility index (Phi) is 13.9. The minimum atomic E-state index is 0. The minimum absolute atomic E-state index is 0. The van der Waals surface area contributed by atoms with Crippen molar-refractivity contribution in [3.8, 4) is 0 Å². The molecule has 7 heteroatoms. The van der Waals surface area contributed by atoms with Crippen LogP contribution in [0, 0.1) is 0 Å². The number of rotatable bonds is 10. The van der Waals surface area contributed by atoms with Gasteiger partial charge in [-0.25, -0.2) is 4.98 Å². The van der Waals surface area contributed by atoms with Gasteiger partial charge in [0.15, 0.2) is 5.96 Å². The lowest BCUT2D eigenvalue weighted by Crippen LogP contribution is -2.37. The second kappa shape index (κ2) is 14.2. The Bertz CT molecular complexity index is 412. The average Bonchev–Trinajstić information content (AvgIpc) is 2.97. The molecule has 0 amide bonds. The monoisotopic (exact) mass is 440 g/mol. The maximum Gasteiger partial charge on any atom is 0.191 e. The Balaban J connectivity index is 0.00000441. The third-order valence-corrected chi connectivity index (χ3v) is 4.12. The number of ether oxygens (including phenoxy) is 1. The smallest absolute Gasteiger partial charge is 0.191 e. The summed E-state index contributed by atoms with van der Waals surface area (Å²) in [5, 5.41) is 7.66. The Hall–Kier alpha value is -0.410. The molecule has 1 aromatic heterocycles. The number of hydrogen-bond acceptors (Lipinski definition) is 4. The fraction of sp³-hybridized carbons (Fsp3) is 0.733. The number of aromatic nitrogens is 1. The largest absolute Gasteiger partial charge is 0.381 e. The van der Waals surface area contributed by atoms with E-state index in [1.165, 1.54) is 11.3 Å². The summed E-state index contributed by atoms with van der Waals surface area (Å²) in [6, 6.07) is 0. The van der Waals surface area contributed by atoms with E-state index >= 15 is 0 Å². The normalized spacial score (nSPS) is 11.1. The molecule has 1 rings (SSSR count). The highest BCUT2D eigenvalue weighted by atomic mass is 127. The molecule has 1 heterocycles. The van der Waals surface area contributed by atoms with Crippen LogP contribution in [0.1, 0.15) is 43.0 Å². The van der Waals surface area contributed by atoms with Gasteiger partial charge in [0, 0.05) is 37.9 Å². The van der Waals surface area contributed by atoms with Crippen molar-refractivity contribution in [1.29, 1.82) is 0 Å². The molecule has 0 aliphatic rings. The van der Waals surface area contributed by atoms with Gasteiger partial charge in [-0.2, -0.15) is 0 Å². The summed E-state index contributed by atoms with van der Waals surface area (Å²) in [6.45, 7) is 7.57. The van der Waals surface area contributed by atoms with Crippen LogP contribution >= 0.6 is 35.3 Å². The quantitative estimate of drug-likeness (QED) is 0.254. The molecule has 5 nitrogen and oxygen atoms in total. The maximum absolute atomic E-state index is 5.53. The van der Waals surface area contributed by atoms with Gasteiger partial charge >= 0.3 is 0 Å². The highest BCUT2D eigenvalue weighted by Crippen LogP contribution is 2.12. The topological polar surface area (TPSA) is 58.5 Å². The number of halogens is 1. The van der Waals surface area contributed by atoms with Gasteiger partial charge in [0.25, 0.3) is 0 Å². The average molecular weight is 440 g/mol. The number of unbranched alkanes of at least 4 members (excludes halogenated alkanes) is 1. The lowest BCUT2D eigenvalue weighted by molar-refractivity contribution is 0.129. The van der Waals surface area contributed by atoms with Gasteiger partial charge in [-0.15, -0.1) is 35.3 Å². The van der Waals surface area contributed by atoms with E-state index in [1.807, 2.05) is 6.20 Å². The van der Waals surface area contributed by atoms with Gasteiger partial charge < -0.3 is 15.4 Å². The Labute approximate surface area is 155 Å². The molecule has 0 fully saturated rings. The molecule has 128 valence electrons. The zero-order valence-electron chi connectivity index (χ0n) is 13.9. The first-order chi connectivity index (χ1) is 10.3. The first kappa shape index (κ1) is 21.6. The van der Waals surface area contributed by atoms with Crippen LogP contribution in [0.2, 0.25) is 0 Å². The van der Waals surface area contributed by atoms with Crippen LogP contribution in [-0.4, -0.2) is 37.7 Å². The van der Waals surface area contributed by atoms with Crippen molar-refractivity contribution >= 4 is 41.3 Å². The van der Waals surface area contributed by atoms with E-state index in [0.29, 0.717) is 0 Å². The van der Waals surface area contributed by atoms with Crippen molar-refractivity contribution in [2.75, 3.05) is 26.8 Å². The highest BCUT2D eigenvalue weighted by Gasteiger charge is 2.02. The summed E-state index contributed by atoms with van der Waals surface area (Å²) in [4.78, 5) is 9.91. The van der Waals surface area contributed by atoms with E-state index in [4.69, 9.17) is 4.74 Å². The first-order valence-corrected chi connectivity index (χ1v) is 8.57. The van der Waals surface area contributed by atoms with Crippen LogP contribution < -0.4 is 10.6 Å². The number of aryl methyl sites for hydroxylation is 1. The molecule has 1 aromatic rings. The third-order valence-electron chi connectivity index (χ3n) is 2.98. The predicted molar refractivity (Wildman–Crippen MR) is 105 cm³/mol. The summed E-state index contributed by atoms with van der Waals surface area (Å²) >= 11 is 1.75. The molecule has 0 saturated heterocycles. The van der Waals surface area contributed by atoms with Gasteiger partial charge in [0.05, 0.1) is 6.54 Å². The third kappa shape index (κ3) is 9.58. The number of guanidine groups is 1. The Morgan fingerprint density at radius 3 is 2.68 bits per heavy atom. The molecule has 0 aliphatic heterocycles. The summed E-state index contributed by atoms with van der Waals surface area (Å²) in [5.74, 6) is 0.816. The number of nitrogens with zero attached hydrogens (tertiary/aromatic N) is 2. The second-order valence-corrected chi connectivity index (χ2v) is 5.95. The van der Waals surface area contributed by atoms with Crippen LogP contribution in [0.15, 0.2) is 11.2 Å². The van der Waals surface area contributed by atoms with E-state index in [2.05, 4.69) is 34.5 Å². The maximum atomic E-state index is 5.53. The van der Waals surface area contributed by atoms with Crippen LogP contribution in [0.5, 0.6) is 0 Å². The fourth-order valence-electron chi connectivity index (χ4n) is 1.70. The number of hydrogen-bond donors (Lipinski definition) is 2. The van der Waals surface area contributed by atoms with Gasteiger partial charge in [-0.3, -0.25) is 4.99 Å². The molecule has 0 aliphatic carbocycles. The lowest BCUT2D eigenvalue weighted by atomic mass is 10.4. The van der Waals surface area contributed by atoms with Crippen molar-refractivity contribution in [3.05, 3.63) is 16.1 Å². The van der Waals surface area contributed by atoms with E-state index in [9.17, 15) is 0 Å². The molecule has 0 aromatic carbocycles. The highest BCUT2D eigenvalue weighted by molar-refractivity contribution is 14.0. The fourth-order valence-corrected chi connectivity index (χ4v) is 2.50. The molecule has 0 atom stereocenters. The molecular formula is C15H29IN4OS. The Morgan fingerprint density at radius 2 is 2.05 bits per heavy atom. The first-order valence-electron chi connectivity index (χ1n) is 7.76. The summed E-state index contributed by atoms with van der Waals surface area (Å²) < 4.78 is 5.53. The lowest BCUT2D eigenvalue weighted by Gasteiger charge is -2.10. The van der Waals surface area contributed by atoms with Gasteiger partial charge in [-0.1, -0.05) is 20.3 Å². The molecule has 0 saturated carbocycles. The predicted octanol–water partition coefficient (Wildman–Crippen LogP) is 3.20. The van der Waals surface area contributed by atoms with Crippen molar-refractivity contribution < 1.29 is 4.74 Å². The van der Waals surface area contributed by atoms with Crippen molar-refractivity contribution in [2.24, 2.45) is 4.99 Å². The molecule has 0 spiro atoms. The molecular weight excluding hydrogens is 411 g/mol. The van der Waals surface area contributed by atoms with Crippen molar-refractivity contribution in [1.82, 2.24) is 15.6 Å². The summed E-state index contributed by atoms with van der Waals surface area (Å²) in [7, 11) is 1.78. The second-order valence-electron chi connectivity index (χ2n) is 4.75. The number of aliphatic imine (C=N–C) groups is 1. The van der Waals surface area contributed by atoms with Gasteiger partial charge in [0.1, 0.15) is 5.01 Å². The van der Waals surface area contributed by atoms with Crippen LogP contribution in [0.25, 0.3) is 0 Å². The number of nitrogens with one attached hydrogen (secondary N) is 2. The summed E-state index contributed by atoms with van der Waals surface area (Å²) in [6.07, 6.45) is 6.31. The van der Waals surface area contributed by atoms with E-state index in [0.717, 1.165) is 56.5 Å². The van der Waals surface area contributed by atoms with Crippen LogP contribution in [-0.2, 0) is 17.7 Å². The van der Waals surface area contributed by atoms with E-state index in [1.54, 1.807) is 18.4 Å². The molecule has 22 heavy (non-hydrogen) atoms. The van der Waals surface area contributed by atoms with Gasteiger partial charge in [-0.05, 0) is 19.3 Å². The zero-order chi connectivity index (χ0) is 15.3. The van der Waals surface area contributed by atoms with Gasteiger partial charge in [0.2, 0.25) is 0 Å². The van der Waals surface area contributed by atoms with Crippen LogP contribution in [0.3, 0.4) is 0 Å².